The summed E-state index contributed by atoms with van der Waals surface area (Å²) in [7, 11) is 0. The largest absolute Gasteiger partial charge is 0.335 e. The summed E-state index contributed by atoms with van der Waals surface area (Å²) in [5.74, 6) is 0.699. The van der Waals surface area contributed by atoms with Crippen molar-refractivity contribution in [2.45, 2.75) is 39.2 Å². The van der Waals surface area contributed by atoms with Crippen LogP contribution in [0.15, 0.2) is 30.3 Å². The first-order valence-corrected chi connectivity index (χ1v) is 8.73. The normalized spacial score (nSPS) is 31.8. The van der Waals surface area contributed by atoms with Gasteiger partial charge in [0.05, 0.1) is 24.7 Å². The molecule has 3 aliphatic rings. The average molecular weight is 315 g/mol. The van der Waals surface area contributed by atoms with Crippen LogP contribution in [0.1, 0.15) is 44.7 Å². The first-order valence-electron chi connectivity index (χ1n) is 8.73. The topological polar surface area (TPSA) is 38.8 Å². The van der Waals surface area contributed by atoms with E-state index in [1.165, 1.54) is 18.4 Å². The van der Waals surface area contributed by atoms with Crippen molar-refractivity contribution in [3.8, 4) is 0 Å². The standard InChI is InChI=1S/C19H25NO3/c1-3-22-23-13-19-12-18(9-10-18)16(19)11-20(17(19)21)14(2)15-7-5-4-6-8-15/h4-8,14,16H,3,9-13H2,1-2H3/t14-,16-,19-/m0/s1. The molecule has 4 heteroatoms. The Bertz CT molecular complexity index is 598. The highest BCUT2D eigenvalue weighted by atomic mass is 17.2. The van der Waals surface area contributed by atoms with Gasteiger partial charge < -0.3 is 4.90 Å². The van der Waals surface area contributed by atoms with Crippen molar-refractivity contribution in [2.24, 2.45) is 16.7 Å². The molecule has 1 aromatic rings. The van der Waals surface area contributed by atoms with Crippen LogP contribution in [0, 0.1) is 16.7 Å². The summed E-state index contributed by atoms with van der Waals surface area (Å²) in [4.78, 5) is 25.7. The summed E-state index contributed by atoms with van der Waals surface area (Å²) in [6.07, 6.45) is 3.53. The van der Waals surface area contributed by atoms with E-state index in [1.807, 2.05) is 25.1 Å². The summed E-state index contributed by atoms with van der Waals surface area (Å²) >= 11 is 0. The first-order chi connectivity index (χ1) is 11.1. The number of nitrogens with zero attached hydrogens (tertiary/aromatic N) is 1. The maximum atomic E-state index is 13.2. The number of amides is 1. The Morgan fingerprint density at radius 1 is 1.26 bits per heavy atom. The third kappa shape index (κ3) is 2.15. The molecule has 0 N–H and O–H groups in total. The van der Waals surface area contributed by atoms with Gasteiger partial charge in [0.15, 0.2) is 0 Å². The third-order valence-corrected chi connectivity index (χ3v) is 6.30. The number of fused-ring (bicyclic) bond motifs is 2. The fourth-order valence-electron chi connectivity index (χ4n) is 4.86. The molecule has 1 aliphatic heterocycles. The number of hydrogen-bond acceptors (Lipinski definition) is 3. The SMILES string of the molecule is CCOOC[C@@]12CC3(CC3)[C@@H]1CN([C@@H](C)c1ccccc1)C2=O. The minimum atomic E-state index is -0.339. The Morgan fingerprint density at radius 2 is 2.00 bits per heavy atom. The number of benzene rings is 1. The molecule has 1 heterocycles. The van der Waals surface area contributed by atoms with Crippen LogP contribution in [0.4, 0.5) is 0 Å². The van der Waals surface area contributed by atoms with E-state index >= 15 is 0 Å². The van der Waals surface area contributed by atoms with Gasteiger partial charge in [-0.3, -0.25) is 4.79 Å². The molecular weight excluding hydrogens is 290 g/mol. The lowest BCUT2D eigenvalue weighted by molar-refractivity contribution is -0.316. The number of carbonyl (C=O) groups is 1. The van der Waals surface area contributed by atoms with Crippen LogP contribution >= 0.6 is 0 Å². The summed E-state index contributed by atoms with van der Waals surface area (Å²) in [5.41, 5.74) is 1.29. The molecule has 3 atom stereocenters. The first kappa shape index (κ1) is 15.2. The summed E-state index contributed by atoms with van der Waals surface area (Å²) in [5, 5.41) is 0. The van der Waals surface area contributed by atoms with E-state index in [4.69, 9.17) is 9.78 Å². The zero-order valence-corrected chi connectivity index (χ0v) is 14.0. The van der Waals surface area contributed by atoms with Crippen molar-refractivity contribution in [2.75, 3.05) is 19.8 Å². The van der Waals surface area contributed by atoms with Gasteiger partial charge in [0.25, 0.3) is 0 Å². The lowest BCUT2D eigenvalue weighted by atomic mass is 9.53. The number of rotatable bonds is 6. The lowest BCUT2D eigenvalue weighted by Gasteiger charge is -2.49. The van der Waals surface area contributed by atoms with Gasteiger partial charge in [0, 0.05) is 6.54 Å². The molecular formula is C19H25NO3. The molecule has 0 bridgehead atoms. The average Bonchev–Trinajstić information content (AvgIpc) is 3.32. The Hall–Kier alpha value is -1.39. The van der Waals surface area contributed by atoms with Crippen molar-refractivity contribution in [3.05, 3.63) is 35.9 Å². The molecule has 4 nitrogen and oxygen atoms in total. The molecule has 1 amide bonds. The molecule has 1 aromatic carbocycles. The van der Waals surface area contributed by atoms with E-state index in [0.717, 1.165) is 13.0 Å². The van der Waals surface area contributed by atoms with Crippen LogP contribution in [0.2, 0.25) is 0 Å². The van der Waals surface area contributed by atoms with Crippen molar-refractivity contribution < 1.29 is 14.6 Å². The van der Waals surface area contributed by atoms with Gasteiger partial charge in [0.1, 0.15) is 0 Å². The summed E-state index contributed by atoms with van der Waals surface area (Å²) < 4.78 is 0. The quantitative estimate of drug-likeness (QED) is 0.459. The second-order valence-electron chi connectivity index (χ2n) is 7.46. The Kier molecular flexibility index (Phi) is 3.50. The molecule has 23 heavy (non-hydrogen) atoms. The highest BCUT2D eigenvalue weighted by molar-refractivity contribution is 5.88. The zero-order chi connectivity index (χ0) is 16.1. The fourth-order valence-corrected chi connectivity index (χ4v) is 4.86. The van der Waals surface area contributed by atoms with Crippen molar-refractivity contribution >= 4 is 5.91 Å². The second-order valence-corrected chi connectivity index (χ2v) is 7.46. The fraction of sp³-hybridized carbons (Fsp3) is 0.632. The molecule has 0 radical (unpaired) electrons. The van der Waals surface area contributed by atoms with Crippen LogP contribution in [-0.2, 0) is 14.6 Å². The lowest BCUT2D eigenvalue weighted by Crippen LogP contribution is -2.54. The highest BCUT2D eigenvalue weighted by Crippen LogP contribution is 2.75. The molecule has 2 saturated carbocycles. The van der Waals surface area contributed by atoms with Crippen molar-refractivity contribution in [1.29, 1.82) is 0 Å². The van der Waals surface area contributed by atoms with E-state index in [-0.39, 0.29) is 17.4 Å². The van der Waals surface area contributed by atoms with Gasteiger partial charge in [-0.2, -0.15) is 0 Å². The summed E-state index contributed by atoms with van der Waals surface area (Å²) in [6.45, 7) is 5.83. The Balaban J connectivity index is 1.56. The van der Waals surface area contributed by atoms with Gasteiger partial charge in [0.2, 0.25) is 5.91 Å². The third-order valence-electron chi connectivity index (χ3n) is 6.30. The van der Waals surface area contributed by atoms with E-state index in [9.17, 15) is 4.79 Å². The molecule has 124 valence electrons. The molecule has 4 rings (SSSR count). The van der Waals surface area contributed by atoms with Gasteiger partial charge in [-0.15, -0.1) is 0 Å². The van der Waals surface area contributed by atoms with Gasteiger partial charge in [-0.1, -0.05) is 30.3 Å². The molecule has 0 unspecified atom stereocenters. The monoisotopic (exact) mass is 315 g/mol. The molecule has 1 saturated heterocycles. The van der Waals surface area contributed by atoms with Crippen LogP contribution < -0.4 is 0 Å². The van der Waals surface area contributed by atoms with Gasteiger partial charge >= 0.3 is 0 Å². The van der Waals surface area contributed by atoms with Crippen LogP contribution in [0.25, 0.3) is 0 Å². The van der Waals surface area contributed by atoms with Gasteiger partial charge in [-0.05, 0) is 50.0 Å². The van der Waals surface area contributed by atoms with Crippen LogP contribution in [-0.4, -0.2) is 30.6 Å². The molecule has 0 aromatic heterocycles. The minimum Gasteiger partial charge on any atom is -0.335 e. The highest BCUT2D eigenvalue weighted by Gasteiger charge is 2.75. The molecule has 3 fully saturated rings. The van der Waals surface area contributed by atoms with Crippen LogP contribution in [0.5, 0.6) is 0 Å². The van der Waals surface area contributed by atoms with E-state index in [1.54, 1.807) is 0 Å². The van der Waals surface area contributed by atoms with E-state index in [0.29, 0.717) is 24.5 Å². The zero-order valence-electron chi connectivity index (χ0n) is 14.0. The molecule has 1 spiro atoms. The predicted octanol–water partition coefficient (Wildman–Crippen LogP) is 3.34. The smallest absolute Gasteiger partial charge is 0.232 e. The second kappa shape index (κ2) is 5.32. The summed E-state index contributed by atoms with van der Waals surface area (Å²) in [6, 6.07) is 10.4. The van der Waals surface area contributed by atoms with E-state index in [2.05, 4.69) is 24.0 Å². The van der Waals surface area contributed by atoms with Crippen molar-refractivity contribution in [3.63, 3.8) is 0 Å². The minimum absolute atomic E-state index is 0.120. The maximum Gasteiger partial charge on any atom is 0.232 e. The van der Waals surface area contributed by atoms with Crippen molar-refractivity contribution in [1.82, 2.24) is 4.90 Å². The van der Waals surface area contributed by atoms with Crippen LogP contribution in [0.3, 0.4) is 0 Å². The number of hydrogen-bond donors (Lipinski definition) is 0. The number of likely N-dealkylation sites (tertiary alicyclic amines) is 1. The maximum absolute atomic E-state index is 13.2. The number of carbonyl (C=O) groups excluding carboxylic acids is 1. The Morgan fingerprint density at radius 3 is 2.65 bits per heavy atom. The van der Waals surface area contributed by atoms with Gasteiger partial charge in [-0.25, -0.2) is 9.78 Å². The van der Waals surface area contributed by atoms with E-state index < -0.39 is 0 Å². The Labute approximate surface area is 137 Å². The predicted molar refractivity (Wildman–Crippen MR) is 86.4 cm³/mol. The molecule has 2 aliphatic carbocycles.